The van der Waals surface area contributed by atoms with Crippen molar-refractivity contribution < 1.29 is 0 Å². The average molecular weight is 242 g/mol. The molecule has 0 saturated heterocycles. The highest BCUT2D eigenvalue weighted by Gasteiger charge is 2.42. The van der Waals surface area contributed by atoms with Crippen LogP contribution in [0, 0.1) is 11.8 Å². The Bertz CT molecular complexity index is 442. The van der Waals surface area contributed by atoms with Crippen molar-refractivity contribution in [3.05, 3.63) is 37.4 Å². The fourth-order valence-corrected chi connectivity index (χ4v) is 3.49. The first kappa shape index (κ1) is 10.4. The molecule has 18 heavy (non-hydrogen) atoms. The Morgan fingerprint density at radius 1 is 0.722 bits per heavy atom. The van der Waals surface area contributed by atoms with Gasteiger partial charge < -0.3 is 9.13 Å². The van der Waals surface area contributed by atoms with Gasteiger partial charge in [0.2, 0.25) is 0 Å². The summed E-state index contributed by atoms with van der Waals surface area (Å²) >= 11 is 0. The summed E-state index contributed by atoms with van der Waals surface area (Å²) in [5.41, 5.74) is 0. The van der Waals surface area contributed by atoms with E-state index in [9.17, 15) is 0 Å². The molecule has 4 nitrogen and oxygen atoms in total. The van der Waals surface area contributed by atoms with E-state index in [1.807, 2.05) is 25.0 Å². The van der Waals surface area contributed by atoms with Crippen molar-refractivity contribution in [3.8, 4) is 0 Å². The quantitative estimate of drug-likeness (QED) is 0.829. The molecular formula is C14H18N4. The first-order valence-electron chi connectivity index (χ1n) is 6.85. The Hall–Kier alpha value is -1.58. The van der Waals surface area contributed by atoms with Crippen LogP contribution in [0.4, 0.5) is 0 Å². The van der Waals surface area contributed by atoms with Crippen molar-refractivity contribution in [2.45, 2.75) is 37.8 Å². The summed E-state index contributed by atoms with van der Waals surface area (Å²) in [7, 11) is 0. The molecule has 0 atom stereocenters. The third-order valence-electron chi connectivity index (χ3n) is 4.86. The van der Waals surface area contributed by atoms with Crippen LogP contribution in [0.15, 0.2) is 37.4 Å². The Kier molecular flexibility index (Phi) is 2.28. The van der Waals surface area contributed by atoms with E-state index in [4.69, 9.17) is 0 Å². The van der Waals surface area contributed by atoms with Gasteiger partial charge in [0, 0.05) is 36.9 Å². The standard InChI is InChI=1S/C14H18N4/c1-3-17(9-15-1)13-5-11(6-13)12-7-14(8-12)18-4-2-16-10-18/h1-4,9-14H,5-8H2. The molecule has 2 aliphatic carbocycles. The third kappa shape index (κ3) is 1.59. The minimum Gasteiger partial charge on any atom is -0.334 e. The van der Waals surface area contributed by atoms with Gasteiger partial charge in [-0.3, -0.25) is 0 Å². The molecule has 2 saturated carbocycles. The molecular weight excluding hydrogens is 224 g/mol. The summed E-state index contributed by atoms with van der Waals surface area (Å²) in [6.45, 7) is 0. The molecule has 4 rings (SSSR count). The molecule has 0 amide bonds. The smallest absolute Gasteiger partial charge is 0.0948 e. The van der Waals surface area contributed by atoms with Crippen molar-refractivity contribution in [1.29, 1.82) is 0 Å². The lowest BCUT2D eigenvalue weighted by atomic mass is 9.63. The average Bonchev–Trinajstić information content (AvgIpc) is 2.91. The van der Waals surface area contributed by atoms with E-state index in [1.165, 1.54) is 25.7 Å². The molecule has 0 spiro atoms. The monoisotopic (exact) mass is 242 g/mol. The lowest BCUT2D eigenvalue weighted by molar-refractivity contribution is 0.0449. The van der Waals surface area contributed by atoms with Gasteiger partial charge in [0.05, 0.1) is 12.7 Å². The molecule has 4 heteroatoms. The van der Waals surface area contributed by atoms with E-state index in [2.05, 4.69) is 31.5 Å². The lowest BCUT2D eigenvalue weighted by Crippen LogP contribution is -2.39. The van der Waals surface area contributed by atoms with Crippen molar-refractivity contribution in [1.82, 2.24) is 19.1 Å². The van der Waals surface area contributed by atoms with Crippen molar-refractivity contribution in [3.63, 3.8) is 0 Å². The minimum absolute atomic E-state index is 0.713. The zero-order chi connectivity index (χ0) is 11.9. The molecule has 0 radical (unpaired) electrons. The van der Waals surface area contributed by atoms with Crippen LogP contribution in [0.2, 0.25) is 0 Å². The topological polar surface area (TPSA) is 35.6 Å². The van der Waals surface area contributed by atoms with Gasteiger partial charge in [0.25, 0.3) is 0 Å². The van der Waals surface area contributed by atoms with E-state index in [-0.39, 0.29) is 0 Å². The zero-order valence-electron chi connectivity index (χ0n) is 10.4. The highest BCUT2D eigenvalue weighted by atomic mass is 15.1. The normalized spacial score (nSPS) is 34.9. The van der Waals surface area contributed by atoms with Crippen molar-refractivity contribution in [2.75, 3.05) is 0 Å². The van der Waals surface area contributed by atoms with Crippen molar-refractivity contribution >= 4 is 0 Å². The van der Waals surface area contributed by atoms with Crippen LogP contribution >= 0.6 is 0 Å². The molecule has 2 aromatic heterocycles. The van der Waals surface area contributed by atoms with Gasteiger partial charge in [-0.25, -0.2) is 9.97 Å². The first-order chi connectivity index (χ1) is 8.90. The molecule has 0 N–H and O–H groups in total. The maximum atomic E-state index is 4.13. The van der Waals surface area contributed by atoms with Crippen LogP contribution in [-0.4, -0.2) is 19.1 Å². The fourth-order valence-electron chi connectivity index (χ4n) is 3.49. The number of nitrogens with zero attached hydrogens (tertiary/aromatic N) is 4. The summed E-state index contributed by atoms with van der Waals surface area (Å²) < 4.78 is 4.53. The van der Waals surface area contributed by atoms with Gasteiger partial charge in [0.15, 0.2) is 0 Å². The molecule has 94 valence electrons. The zero-order valence-corrected chi connectivity index (χ0v) is 10.4. The second-order valence-electron chi connectivity index (χ2n) is 5.79. The Morgan fingerprint density at radius 3 is 1.50 bits per heavy atom. The van der Waals surface area contributed by atoms with Gasteiger partial charge in [0.1, 0.15) is 0 Å². The number of aromatic nitrogens is 4. The predicted molar refractivity (Wildman–Crippen MR) is 68.0 cm³/mol. The SMILES string of the molecule is c1cn(C2CC(C3CC(n4ccnc4)C3)C2)cn1. The summed E-state index contributed by atoms with van der Waals surface area (Å²) in [4.78, 5) is 8.26. The second kappa shape index (κ2) is 3.97. The molecule has 2 aromatic rings. The Balaban J connectivity index is 1.29. The Morgan fingerprint density at radius 2 is 1.17 bits per heavy atom. The maximum absolute atomic E-state index is 4.13. The van der Waals surface area contributed by atoms with Crippen LogP contribution in [0.3, 0.4) is 0 Å². The highest BCUT2D eigenvalue weighted by Crippen LogP contribution is 2.52. The summed E-state index contributed by atoms with van der Waals surface area (Å²) in [5, 5.41) is 0. The molecule has 0 unspecified atom stereocenters. The van der Waals surface area contributed by atoms with E-state index >= 15 is 0 Å². The van der Waals surface area contributed by atoms with Gasteiger partial charge in [-0.05, 0) is 37.5 Å². The molecule has 2 heterocycles. The van der Waals surface area contributed by atoms with E-state index in [1.54, 1.807) is 0 Å². The lowest BCUT2D eigenvalue weighted by Gasteiger charge is -2.48. The first-order valence-corrected chi connectivity index (χ1v) is 6.85. The van der Waals surface area contributed by atoms with Gasteiger partial charge in [-0.2, -0.15) is 0 Å². The van der Waals surface area contributed by atoms with E-state index < -0.39 is 0 Å². The molecule has 0 aromatic carbocycles. The van der Waals surface area contributed by atoms with E-state index in [0.29, 0.717) is 12.1 Å². The van der Waals surface area contributed by atoms with Crippen molar-refractivity contribution in [2.24, 2.45) is 11.8 Å². The predicted octanol–water partition coefficient (Wildman–Crippen LogP) is 2.68. The van der Waals surface area contributed by atoms with Gasteiger partial charge >= 0.3 is 0 Å². The summed E-state index contributed by atoms with van der Waals surface area (Å²) in [6, 6.07) is 1.43. The van der Waals surface area contributed by atoms with Gasteiger partial charge in [-0.1, -0.05) is 0 Å². The summed E-state index contributed by atoms with van der Waals surface area (Å²) in [5.74, 6) is 1.88. The van der Waals surface area contributed by atoms with E-state index in [0.717, 1.165) is 11.8 Å². The number of rotatable bonds is 3. The van der Waals surface area contributed by atoms with Crippen LogP contribution in [-0.2, 0) is 0 Å². The van der Waals surface area contributed by atoms with Crippen LogP contribution < -0.4 is 0 Å². The van der Waals surface area contributed by atoms with Gasteiger partial charge in [-0.15, -0.1) is 0 Å². The molecule has 2 aliphatic rings. The number of imidazole rings is 2. The van der Waals surface area contributed by atoms with Crippen LogP contribution in [0.25, 0.3) is 0 Å². The number of hydrogen-bond acceptors (Lipinski definition) is 2. The number of hydrogen-bond donors (Lipinski definition) is 0. The summed E-state index contributed by atoms with van der Waals surface area (Å²) in [6.07, 6.45) is 17.2. The molecule has 0 aliphatic heterocycles. The van der Waals surface area contributed by atoms with Crippen LogP contribution in [0.1, 0.15) is 37.8 Å². The molecule has 0 bridgehead atoms. The largest absolute Gasteiger partial charge is 0.334 e. The highest BCUT2D eigenvalue weighted by molar-refractivity contribution is 4.98. The third-order valence-corrected chi connectivity index (χ3v) is 4.86. The molecule has 2 fully saturated rings. The Labute approximate surface area is 107 Å². The van der Waals surface area contributed by atoms with Crippen LogP contribution in [0.5, 0.6) is 0 Å². The fraction of sp³-hybridized carbons (Fsp3) is 0.571. The maximum Gasteiger partial charge on any atom is 0.0948 e. The minimum atomic E-state index is 0.713. The second-order valence-corrected chi connectivity index (χ2v) is 5.79.